The summed E-state index contributed by atoms with van der Waals surface area (Å²) in [7, 11) is 2.00. The second-order valence-corrected chi connectivity index (χ2v) is 5.83. The molecular weight excluding hydrogens is 294 g/mol. The highest BCUT2D eigenvalue weighted by molar-refractivity contribution is 7.98. The van der Waals surface area contributed by atoms with Crippen molar-refractivity contribution in [2.24, 2.45) is 0 Å². The van der Waals surface area contributed by atoms with Crippen molar-refractivity contribution in [1.29, 1.82) is 0 Å². The summed E-state index contributed by atoms with van der Waals surface area (Å²) in [6.07, 6.45) is 5.95. The molecule has 3 aromatic rings. The second kappa shape index (κ2) is 6.36. The lowest BCUT2D eigenvalue weighted by molar-refractivity contribution is 0.814. The summed E-state index contributed by atoms with van der Waals surface area (Å²) in [5.41, 5.74) is 3.14. The molecule has 0 spiro atoms. The highest BCUT2D eigenvalue weighted by Crippen LogP contribution is 2.25. The fraction of sp³-hybridized carbons (Fsp3) is 0.312. The van der Waals surface area contributed by atoms with Crippen molar-refractivity contribution in [3.8, 4) is 0 Å². The van der Waals surface area contributed by atoms with E-state index in [-0.39, 0.29) is 0 Å². The van der Waals surface area contributed by atoms with E-state index in [1.165, 1.54) is 5.56 Å². The summed E-state index contributed by atoms with van der Waals surface area (Å²) in [4.78, 5) is 11.3. The zero-order valence-corrected chi connectivity index (χ0v) is 13.8. The van der Waals surface area contributed by atoms with E-state index < -0.39 is 0 Å². The Labute approximate surface area is 134 Å². The van der Waals surface area contributed by atoms with Crippen LogP contribution in [0.2, 0.25) is 0 Å². The molecule has 3 rings (SSSR count). The van der Waals surface area contributed by atoms with Gasteiger partial charge in [0.25, 0.3) is 0 Å². The first-order valence-corrected chi connectivity index (χ1v) is 8.54. The smallest absolute Gasteiger partial charge is 0.235 e. The van der Waals surface area contributed by atoms with Gasteiger partial charge >= 0.3 is 0 Å². The number of hydrogen-bond donors (Lipinski definition) is 0. The van der Waals surface area contributed by atoms with Crippen molar-refractivity contribution in [3.05, 3.63) is 42.1 Å². The molecule has 22 heavy (non-hydrogen) atoms. The van der Waals surface area contributed by atoms with Crippen molar-refractivity contribution in [3.63, 3.8) is 0 Å². The van der Waals surface area contributed by atoms with Crippen LogP contribution in [0.1, 0.15) is 18.9 Å². The van der Waals surface area contributed by atoms with Crippen LogP contribution in [-0.4, -0.2) is 32.9 Å². The minimum Gasteiger partial charge on any atom is -0.313 e. The van der Waals surface area contributed by atoms with Crippen LogP contribution in [0, 0.1) is 0 Å². The lowest BCUT2D eigenvalue weighted by atomic mass is 10.2. The van der Waals surface area contributed by atoms with Crippen molar-refractivity contribution >= 4 is 29.0 Å². The maximum atomic E-state index is 4.65. The first-order chi connectivity index (χ1) is 10.7. The van der Waals surface area contributed by atoms with E-state index in [4.69, 9.17) is 0 Å². The predicted octanol–water partition coefficient (Wildman–Crippen LogP) is 3.57. The summed E-state index contributed by atoms with van der Waals surface area (Å²) in [5, 5.41) is 5.27. The molecule has 1 aromatic carbocycles. The molecule has 0 aliphatic carbocycles. The molecule has 0 saturated carbocycles. The number of rotatable bonds is 5. The van der Waals surface area contributed by atoms with Crippen molar-refractivity contribution < 1.29 is 0 Å². The minimum atomic E-state index is 0.767. The third-order valence-corrected chi connectivity index (χ3v) is 4.10. The molecule has 0 atom stereocenters. The van der Waals surface area contributed by atoms with Gasteiger partial charge in [-0.25, -0.2) is 4.98 Å². The number of aromatic nitrogens is 4. The first kappa shape index (κ1) is 14.8. The van der Waals surface area contributed by atoms with E-state index in [1.807, 2.05) is 47.1 Å². The average Bonchev–Trinajstić information content (AvgIpc) is 2.97. The Balaban J connectivity index is 2.15. The van der Waals surface area contributed by atoms with Crippen molar-refractivity contribution in [1.82, 2.24) is 19.6 Å². The van der Waals surface area contributed by atoms with Gasteiger partial charge in [-0.3, -0.25) is 0 Å². The summed E-state index contributed by atoms with van der Waals surface area (Å²) < 4.78 is 1.83. The van der Waals surface area contributed by atoms with Crippen molar-refractivity contribution in [2.45, 2.75) is 24.9 Å². The van der Waals surface area contributed by atoms with Crippen LogP contribution in [0.25, 0.3) is 5.65 Å². The molecular formula is C16H19N5S. The Morgan fingerprint density at radius 2 is 1.95 bits per heavy atom. The molecule has 0 radical (unpaired) electrons. The number of para-hydroxylation sites is 1. The van der Waals surface area contributed by atoms with E-state index in [1.54, 1.807) is 11.8 Å². The highest BCUT2D eigenvalue weighted by atomic mass is 32.2. The number of benzene rings is 1. The molecule has 6 heteroatoms. The molecule has 114 valence electrons. The molecule has 0 amide bonds. The van der Waals surface area contributed by atoms with E-state index in [9.17, 15) is 0 Å². The van der Waals surface area contributed by atoms with Gasteiger partial charge in [0.2, 0.25) is 5.95 Å². The van der Waals surface area contributed by atoms with E-state index in [0.29, 0.717) is 0 Å². The lowest BCUT2D eigenvalue weighted by Gasteiger charge is -2.19. The summed E-state index contributed by atoms with van der Waals surface area (Å²) in [6, 6.07) is 10.2. The maximum absolute atomic E-state index is 4.65. The minimum absolute atomic E-state index is 0.767. The highest BCUT2D eigenvalue weighted by Gasteiger charge is 2.16. The zero-order valence-electron chi connectivity index (χ0n) is 13.0. The number of hydrogen-bond acceptors (Lipinski definition) is 5. The van der Waals surface area contributed by atoms with E-state index in [2.05, 4.69) is 34.1 Å². The zero-order chi connectivity index (χ0) is 15.5. The molecule has 0 aliphatic heterocycles. The van der Waals surface area contributed by atoms with Gasteiger partial charge in [0.15, 0.2) is 10.8 Å². The van der Waals surface area contributed by atoms with Crippen LogP contribution in [0.4, 0.5) is 11.6 Å². The van der Waals surface area contributed by atoms with E-state index >= 15 is 0 Å². The summed E-state index contributed by atoms with van der Waals surface area (Å²) in [5.74, 6) is 0.780. The van der Waals surface area contributed by atoms with Gasteiger partial charge in [-0.15, -0.1) is 0 Å². The molecule has 0 fully saturated rings. The normalized spacial score (nSPS) is 11.0. The molecule has 0 saturated heterocycles. The second-order valence-electron chi connectivity index (χ2n) is 5.06. The Bertz CT molecular complexity index is 769. The number of nitrogens with zero attached hydrogens (tertiary/aromatic N) is 5. The number of fused-ring (bicyclic) bond motifs is 1. The Morgan fingerprint density at radius 1 is 1.18 bits per heavy atom. The SMILES string of the molecule is CCCc1cnn2c(N(C)c3ccccc3)nc(SC)nc12. The lowest BCUT2D eigenvalue weighted by Crippen LogP contribution is -2.17. The van der Waals surface area contributed by atoms with Crippen LogP contribution in [0.5, 0.6) is 0 Å². The summed E-state index contributed by atoms with van der Waals surface area (Å²) >= 11 is 1.55. The van der Waals surface area contributed by atoms with Gasteiger partial charge in [0, 0.05) is 18.3 Å². The molecule has 5 nitrogen and oxygen atoms in total. The number of anilines is 2. The van der Waals surface area contributed by atoms with Gasteiger partial charge in [-0.2, -0.15) is 14.6 Å². The molecule has 0 aliphatic rings. The van der Waals surface area contributed by atoms with Gasteiger partial charge in [0.1, 0.15) is 0 Å². The van der Waals surface area contributed by atoms with Crippen LogP contribution < -0.4 is 4.90 Å². The predicted molar refractivity (Wildman–Crippen MR) is 91.1 cm³/mol. The van der Waals surface area contributed by atoms with Crippen LogP contribution in [0.3, 0.4) is 0 Å². The maximum Gasteiger partial charge on any atom is 0.235 e. The van der Waals surface area contributed by atoms with Crippen LogP contribution in [0.15, 0.2) is 41.7 Å². The molecule has 0 bridgehead atoms. The average molecular weight is 313 g/mol. The van der Waals surface area contributed by atoms with Gasteiger partial charge < -0.3 is 4.90 Å². The topological polar surface area (TPSA) is 46.3 Å². The fourth-order valence-corrected chi connectivity index (χ4v) is 2.76. The molecule has 2 aromatic heterocycles. The summed E-state index contributed by atoms with van der Waals surface area (Å²) in [6.45, 7) is 2.16. The molecule has 0 N–H and O–H groups in total. The largest absolute Gasteiger partial charge is 0.313 e. The van der Waals surface area contributed by atoms with Gasteiger partial charge in [-0.05, 0) is 24.8 Å². The van der Waals surface area contributed by atoms with Crippen LogP contribution in [-0.2, 0) is 6.42 Å². The number of aryl methyl sites for hydroxylation is 1. The quantitative estimate of drug-likeness (QED) is 0.674. The van der Waals surface area contributed by atoms with E-state index in [0.717, 1.165) is 35.3 Å². The standard InChI is InChI=1S/C16H19N5S/c1-4-8-12-11-17-21-14(12)18-15(22-3)19-16(21)20(2)13-9-6-5-7-10-13/h5-7,9-11H,4,8H2,1-3H3. The van der Waals surface area contributed by atoms with Crippen molar-refractivity contribution in [2.75, 3.05) is 18.2 Å². The molecule has 2 heterocycles. The fourth-order valence-electron chi connectivity index (χ4n) is 2.41. The third-order valence-electron chi connectivity index (χ3n) is 3.55. The molecule has 0 unspecified atom stereocenters. The number of thioether (sulfide) groups is 1. The van der Waals surface area contributed by atoms with Crippen LogP contribution >= 0.6 is 11.8 Å². The Morgan fingerprint density at radius 3 is 2.64 bits per heavy atom. The van der Waals surface area contributed by atoms with Gasteiger partial charge in [0.05, 0.1) is 6.20 Å². The Kier molecular flexibility index (Phi) is 4.29. The third kappa shape index (κ3) is 2.66. The first-order valence-electron chi connectivity index (χ1n) is 7.32. The Hall–Kier alpha value is -2.08. The monoisotopic (exact) mass is 313 g/mol. The van der Waals surface area contributed by atoms with Gasteiger partial charge in [-0.1, -0.05) is 43.3 Å².